The highest BCUT2D eigenvalue weighted by Crippen LogP contribution is 2.34. The third-order valence-corrected chi connectivity index (χ3v) is 4.26. The lowest BCUT2D eigenvalue weighted by molar-refractivity contribution is 0.0525. The normalized spacial score (nSPS) is 11.6. The summed E-state index contributed by atoms with van der Waals surface area (Å²) in [6.07, 6.45) is 1.63. The van der Waals surface area contributed by atoms with Crippen molar-refractivity contribution >= 4 is 34.5 Å². The quantitative estimate of drug-likeness (QED) is 0.420. The van der Waals surface area contributed by atoms with Gasteiger partial charge in [0.2, 0.25) is 0 Å². The van der Waals surface area contributed by atoms with Gasteiger partial charge in [0.05, 0.1) is 12.8 Å². The zero-order chi connectivity index (χ0) is 21.9. The number of aryl methyl sites for hydroxylation is 1. The van der Waals surface area contributed by atoms with E-state index in [9.17, 15) is 4.79 Å². The minimum absolute atomic E-state index is 0.125. The molecule has 0 bridgehead atoms. The predicted octanol–water partition coefficient (Wildman–Crippen LogP) is 3.03. The molecule has 0 atom stereocenters. The molecular formula is C18H24ClN7O4. The summed E-state index contributed by atoms with van der Waals surface area (Å²) in [6, 6.07) is 0. The Morgan fingerprint density at radius 1 is 1.37 bits per heavy atom. The molecule has 3 heterocycles. The van der Waals surface area contributed by atoms with Crippen molar-refractivity contribution in [2.45, 2.75) is 46.3 Å². The van der Waals surface area contributed by atoms with Crippen molar-refractivity contribution in [2.75, 3.05) is 18.9 Å². The summed E-state index contributed by atoms with van der Waals surface area (Å²) in [4.78, 5) is 20.4. The maximum atomic E-state index is 11.7. The van der Waals surface area contributed by atoms with Gasteiger partial charge < -0.3 is 25.1 Å². The first-order valence-electron chi connectivity index (χ1n) is 9.44. The van der Waals surface area contributed by atoms with E-state index >= 15 is 0 Å². The van der Waals surface area contributed by atoms with Crippen LogP contribution in [0.1, 0.15) is 34.1 Å². The Hall–Kier alpha value is -3.08. The fourth-order valence-corrected chi connectivity index (χ4v) is 2.97. The van der Waals surface area contributed by atoms with Crippen LogP contribution in [-0.2, 0) is 11.3 Å². The molecule has 3 N–H and O–H groups in total. The molecule has 11 nitrogen and oxygen atoms in total. The third-order valence-electron chi connectivity index (χ3n) is 3.98. The smallest absolute Gasteiger partial charge is 0.407 e. The second-order valence-corrected chi connectivity index (χ2v) is 7.78. The van der Waals surface area contributed by atoms with E-state index in [0.29, 0.717) is 54.4 Å². The average molecular weight is 438 g/mol. The lowest BCUT2D eigenvalue weighted by Gasteiger charge is -2.19. The maximum absolute atomic E-state index is 11.7. The van der Waals surface area contributed by atoms with Crippen LogP contribution in [0.15, 0.2) is 10.8 Å². The molecule has 12 heteroatoms. The van der Waals surface area contributed by atoms with Gasteiger partial charge in [-0.2, -0.15) is 0 Å². The Labute approximate surface area is 177 Å². The standard InChI is InChI=1S/C18H24ClN7O4/c1-5-26-13-10(28-8-6-7-21-17(27)29-18(2,3)4)9-22-14(19)11(13)23-16(26)12-15(20)25-30-24-12/h9H,5-8H2,1-4H3,(H2,20,25)(H,21,27). The number of carbonyl (C=O) groups is 1. The Kier molecular flexibility index (Phi) is 6.30. The van der Waals surface area contributed by atoms with E-state index in [2.05, 4.69) is 25.6 Å². The molecule has 0 aliphatic carbocycles. The van der Waals surface area contributed by atoms with Gasteiger partial charge in [0, 0.05) is 13.1 Å². The van der Waals surface area contributed by atoms with Gasteiger partial charge >= 0.3 is 6.09 Å². The molecule has 3 aromatic heterocycles. The summed E-state index contributed by atoms with van der Waals surface area (Å²) in [7, 11) is 0. The number of pyridine rings is 1. The highest BCUT2D eigenvalue weighted by molar-refractivity contribution is 6.34. The van der Waals surface area contributed by atoms with Crippen LogP contribution >= 0.6 is 11.6 Å². The first-order valence-corrected chi connectivity index (χ1v) is 9.81. The molecule has 30 heavy (non-hydrogen) atoms. The molecule has 0 saturated carbocycles. The van der Waals surface area contributed by atoms with E-state index in [1.807, 2.05) is 32.3 Å². The monoisotopic (exact) mass is 437 g/mol. The molecule has 0 aromatic carbocycles. The summed E-state index contributed by atoms with van der Waals surface area (Å²) in [5.41, 5.74) is 6.72. The highest BCUT2D eigenvalue weighted by Gasteiger charge is 2.23. The predicted molar refractivity (Wildman–Crippen MR) is 110 cm³/mol. The van der Waals surface area contributed by atoms with Gasteiger partial charge in [0.1, 0.15) is 16.6 Å². The van der Waals surface area contributed by atoms with E-state index in [4.69, 9.17) is 31.4 Å². The Bertz CT molecular complexity index is 1040. The van der Waals surface area contributed by atoms with Gasteiger partial charge in [-0.1, -0.05) is 11.6 Å². The molecule has 0 radical (unpaired) electrons. The fraction of sp³-hybridized carbons (Fsp3) is 0.500. The van der Waals surface area contributed by atoms with Crippen molar-refractivity contribution in [1.82, 2.24) is 30.2 Å². The van der Waals surface area contributed by atoms with Crippen LogP contribution in [0.25, 0.3) is 22.6 Å². The van der Waals surface area contributed by atoms with E-state index < -0.39 is 11.7 Å². The van der Waals surface area contributed by atoms with Crippen molar-refractivity contribution in [1.29, 1.82) is 0 Å². The number of nitrogens with two attached hydrogens (primary N) is 1. The van der Waals surface area contributed by atoms with Crippen LogP contribution in [0.5, 0.6) is 5.75 Å². The van der Waals surface area contributed by atoms with Crippen molar-refractivity contribution in [3.8, 4) is 17.3 Å². The van der Waals surface area contributed by atoms with Crippen molar-refractivity contribution in [3.63, 3.8) is 0 Å². The zero-order valence-corrected chi connectivity index (χ0v) is 18.0. The second kappa shape index (κ2) is 8.74. The molecule has 0 unspecified atom stereocenters. The number of aromatic nitrogens is 5. The minimum atomic E-state index is -0.541. The molecule has 3 rings (SSSR count). The van der Waals surface area contributed by atoms with Crippen molar-refractivity contribution in [3.05, 3.63) is 11.3 Å². The number of ether oxygens (including phenoxy) is 2. The van der Waals surface area contributed by atoms with E-state index in [0.717, 1.165) is 0 Å². The molecule has 0 saturated heterocycles. The molecule has 3 aromatic rings. The number of amides is 1. The zero-order valence-electron chi connectivity index (χ0n) is 17.2. The van der Waals surface area contributed by atoms with Crippen LogP contribution < -0.4 is 15.8 Å². The topological polar surface area (TPSA) is 143 Å². The van der Waals surface area contributed by atoms with Crippen LogP contribution in [0.3, 0.4) is 0 Å². The molecule has 0 aliphatic rings. The average Bonchev–Trinajstić information content (AvgIpc) is 3.25. The number of nitrogens with one attached hydrogen (secondary N) is 1. The number of hydrogen-bond acceptors (Lipinski definition) is 9. The number of halogens is 1. The molecule has 162 valence electrons. The fourth-order valence-electron chi connectivity index (χ4n) is 2.79. The number of rotatable bonds is 7. The molecule has 1 amide bonds. The summed E-state index contributed by atoms with van der Waals surface area (Å²) >= 11 is 6.25. The van der Waals surface area contributed by atoms with Crippen LogP contribution in [0.2, 0.25) is 5.15 Å². The molecule has 0 fully saturated rings. The van der Waals surface area contributed by atoms with Crippen LogP contribution in [0.4, 0.5) is 10.6 Å². The number of fused-ring (bicyclic) bond motifs is 1. The number of imidazole rings is 1. The van der Waals surface area contributed by atoms with Crippen LogP contribution in [0, 0.1) is 0 Å². The number of carbonyl (C=O) groups excluding carboxylic acids is 1. The first-order chi connectivity index (χ1) is 14.2. The lowest BCUT2D eigenvalue weighted by Crippen LogP contribution is -2.33. The van der Waals surface area contributed by atoms with Gasteiger partial charge in [-0.05, 0) is 44.4 Å². The number of nitrogens with zero attached hydrogens (tertiary/aromatic N) is 5. The second-order valence-electron chi connectivity index (χ2n) is 7.42. The number of anilines is 1. The molecule has 0 aliphatic heterocycles. The van der Waals surface area contributed by atoms with E-state index in [1.54, 1.807) is 0 Å². The first kappa shape index (κ1) is 21.6. The summed E-state index contributed by atoms with van der Waals surface area (Å²) < 4.78 is 17.6. The highest BCUT2D eigenvalue weighted by atomic mass is 35.5. The largest absolute Gasteiger partial charge is 0.490 e. The summed E-state index contributed by atoms with van der Waals surface area (Å²) in [5, 5.41) is 10.3. The van der Waals surface area contributed by atoms with E-state index in [1.165, 1.54) is 6.20 Å². The number of hydrogen-bond donors (Lipinski definition) is 2. The third kappa shape index (κ3) is 4.73. The van der Waals surface area contributed by atoms with Gasteiger partial charge in [-0.25, -0.2) is 19.4 Å². The van der Waals surface area contributed by atoms with E-state index in [-0.39, 0.29) is 11.0 Å². The Balaban J connectivity index is 1.74. The maximum Gasteiger partial charge on any atom is 0.407 e. The Morgan fingerprint density at radius 3 is 2.77 bits per heavy atom. The van der Waals surface area contributed by atoms with Gasteiger partial charge in [0.15, 0.2) is 28.2 Å². The van der Waals surface area contributed by atoms with Gasteiger partial charge in [-0.3, -0.25) is 0 Å². The lowest BCUT2D eigenvalue weighted by atomic mass is 10.2. The number of nitrogen functional groups attached to an aromatic ring is 1. The summed E-state index contributed by atoms with van der Waals surface area (Å²) in [6.45, 7) is 8.66. The van der Waals surface area contributed by atoms with Crippen molar-refractivity contribution < 1.29 is 18.9 Å². The summed E-state index contributed by atoms with van der Waals surface area (Å²) in [5.74, 6) is 1.08. The molecule has 0 spiro atoms. The van der Waals surface area contributed by atoms with Crippen LogP contribution in [-0.4, -0.2) is 49.7 Å². The SMILES string of the molecule is CCn1c(-c2nonc2N)nc2c(Cl)ncc(OCCCNC(=O)OC(C)(C)C)c21. The Morgan fingerprint density at radius 2 is 2.13 bits per heavy atom. The molecular weight excluding hydrogens is 414 g/mol. The van der Waals surface area contributed by atoms with Gasteiger partial charge in [0.25, 0.3) is 0 Å². The van der Waals surface area contributed by atoms with Crippen molar-refractivity contribution in [2.24, 2.45) is 0 Å². The van der Waals surface area contributed by atoms with Gasteiger partial charge in [-0.15, -0.1) is 0 Å². The number of alkyl carbamates (subject to hydrolysis) is 1. The minimum Gasteiger partial charge on any atom is -0.490 e.